The van der Waals surface area contributed by atoms with Crippen LogP contribution in [-0.2, 0) is 20.8 Å². The van der Waals surface area contributed by atoms with Crippen LogP contribution < -0.4 is 5.73 Å². The van der Waals surface area contributed by atoms with E-state index in [9.17, 15) is 34.8 Å². The van der Waals surface area contributed by atoms with Gasteiger partial charge in [-0.2, -0.15) is 0 Å². The van der Waals surface area contributed by atoms with Gasteiger partial charge in [-0.25, -0.2) is 0 Å². The van der Waals surface area contributed by atoms with Crippen LogP contribution in [0.25, 0.3) is 11.8 Å². The van der Waals surface area contributed by atoms with Gasteiger partial charge in [-0.1, -0.05) is 17.7 Å². The van der Waals surface area contributed by atoms with E-state index in [1.807, 2.05) is 6.08 Å². The first-order valence-electron chi connectivity index (χ1n) is 11.7. The highest BCUT2D eigenvalue weighted by molar-refractivity contribution is 6.24. The number of ketones is 2. The second-order valence-corrected chi connectivity index (χ2v) is 10.1. The zero-order chi connectivity index (χ0) is 25.4. The summed E-state index contributed by atoms with van der Waals surface area (Å²) in [7, 11) is 3.16. The number of hydrogen-bond donors (Lipinski definition) is 5. The van der Waals surface area contributed by atoms with E-state index in [1.165, 1.54) is 16.5 Å². The molecule has 2 fully saturated rings. The Kier molecular flexibility index (Phi) is 5.19. The number of amides is 1. The molecule has 35 heavy (non-hydrogen) atoms. The SMILES string of the molecule is CN(C)[C@@H]1C(=O)C(C(N)=O)=C(O)[C@@]2(O)C(=O)C3=C(O)c4c(O)ccc(C=C5CCC5)c4CC3CC12. The van der Waals surface area contributed by atoms with Crippen molar-refractivity contribution in [3.05, 3.63) is 51.3 Å². The summed E-state index contributed by atoms with van der Waals surface area (Å²) in [5.41, 5.74) is 4.68. The zero-order valence-electron chi connectivity index (χ0n) is 19.5. The molecular weight excluding hydrogens is 452 g/mol. The highest BCUT2D eigenvalue weighted by Crippen LogP contribution is 2.53. The van der Waals surface area contributed by atoms with Crippen LogP contribution in [0.3, 0.4) is 0 Å². The van der Waals surface area contributed by atoms with Gasteiger partial charge >= 0.3 is 0 Å². The van der Waals surface area contributed by atoms with E-state index < -0.39 is 58.0 Å². The maximum atomic E-state index is 13.8. The Labute approximate surface area is 201 Å². The summed E-state index contributed by atoms with van der Waals surface area (Å²) in [6.07, 6.45) is 5.50. The summed E-state index contributed by atoms with van der Waals surface area (Å²) < 4.78 is 0. The monoisotopic (exact) mass is 480 g/mol. The molecule has 1 aromatic carbocycles. The fourth-order valence-corrected chi connectivity index (χ4v) is 6.15. The molecule has 0 aromatic heterocycles. The van der Waals surface area contributed by atoms with E-state index in [-0.39, 0.29) is 23.3 Å². The number of phenolic OH excluding ortho intramolecular Hbond substituents is 1. The molecule has 4 aliphatic carbocycles. The van der Waals surface area contributed by atoms with E-state index in [0.717, 1.165) is 24.8 Å². The van der Waals surface area contributed by atoms with Crippen molar-refractivity contribution < 1.29 is 34.8 Å². The van der Waals surface area contributed by atoms with Crippen LogP contribution in [-0.4, -0.2) is 68.5 Å². The van der Waals surface area contributed by atoms with Crippen molar-refractivity contribution in [3.63, 3.8) is 0 Å². The topological polar surface area (TPSA) is 161 Å². The van der Waals surface area contributed by atoms with Crippen molar-refractivity contribution in [1.82, 2.24) is 4.90 Å². The third-order valence-corrected chi connectivity index (χ3v) is 8.00. The fraction of sp³-hybridized carbons (Fsp3) is 0.423. The summed E-state index contributed by atoms with van der Waals surface area (Å²) in [5, 5.41) is 44.3. The number of aliphatic hydroxyl groups is 3. The lowest BCUT2D eigenvalue weighted by molar-refractivity contribution is -0.153. The molecule has 2 unspecified atom stereocenters. The number of phenols is 1. The zero-order valence-corrected chi connectivity index (χ0v) is 19.5. The minimum atomic E-state index is -2.62. The molecule has 0 radical (unpaired) electrons. The third kappa shape index (κ3) is 3.11. The summed E-state index contributed by atoms with van der Waals surface area (Å²) in [6.45, 7) is 0. The number of nitrogens with zero attached hydrogens (tertiary/aromatic N) is 1. The number of nitrogens with two attached hydrogens (primary N) is 1. The van der Waals surface area contributed by atoms with Crippen molar-refractivity contribution in [3.8, 4) is 5.75 Å². The molecule has 1 aromatic rings. The number of allylic oxidation sites excluding steroid dienone is 1. The van der Waals surface area contributed by atoms with Crippen molar-refractivity contribution in [2.75, 3.05) is 14.1 Å². The smallest absolute Gasteiger partial charge is 0.255 e. The summed E-state index contributed by atoms with van der Waals surface area (Å²) in [5.74, 6) is -6.41. The third-order valence-electron chi connectivity index (χ3n) is 8.00. The van der Waals surface area contributed by atoms with Gasteiger partial charge in [-0.15, -0.1) is 0 Å². The molecule has 0 bridgehead atoms. The molecule has 9 nitrogen and oxygen atoms in total. The Morgan fingerprint density at radius 1 is 1.17 bits per heavy atom. The number of carbonyl (C=O) groups is 3. The standard InChI is InChI=1S/C26H28N2O7/c1-28(2)20-15-10-13-9-14-12(8-11-4-3-5-11)6-7-16(29)18(14)21(30)17(13)23(32)26(15,35)24(33)19(22(20)31)25(27)34/h6-8,13,15,20,29-30,33,35H,3-5,9-10H2,1-2H3,(H2,27,34)/t13?,15?,20-,26-/m0/s1. The first-order chi connectivity index (χ1) is 16.5. The minimum Gasteiger partial charge on any atom is -0.508 e. The van der Waals surface area contributed by atoms with Gasteiger partial charge in [0.15, 0.2) is 11.4 Å². The number of primary amides is 1. The van der Waals surface area contributed by atoms with Gasteiger partial charge < -0.3 is 26.2 Å². The Bertz CT molecular complexity index is 1280. The lowest BCUT2D eigenvalue weighted by Crippen LogP contribution is -2.65. The quantitative estimate of drug-likeness (QED) is 0.407. The van der Waals surface area contributed by atoms with E-state index in [1.54, 1.807) is 20.2 Å². The molecule has 0 saturated heterocycles. The fourth-order valence-electron chi connectivity index (χ4n) is 6.15. The highest BCUT2D eigenvalue weighted by atomic mass is 16.3. The maximum absolute atomic E-state index is 13.8. The molecule has 9 heteroatoms. The summed E-state index contributed by atoms with van der Waals surface area (Å²) >= 11 is 0. The Morgan fingerprint density at radius 3 is 2.43 bits per heavy atom. The largest absolute Gasteiger partial charge is 0.508 e. The predicted octanol–water partition coefficient (Wildman–Crippen LogP) is 1.53. The van der Waals surface area contributed by atoms with E-state index in [2.05, 4.69) is 0 Å². The van der Waals surface area contributed by atoms with Crippen LogP contribution in [0, 0.1) is 11.8 Å². The molecule has 5 rings (SSSR count). The van der Waals surface area contributed by atoms with Gasteiger partial charge in [0, 0.05) is 11.5 Å². The van der Waals surface area contributed by atoms with Crippen LogP contribution in [0.15, 0.2) is 34.6 Å². The molecule has 0 aliphatic heterocycles. The van der Waals surface area contributed by atoms with E-state index in [0.29, 0.717) is 12.0 Å². The molecule has 0 spiro atoms. The average Bonchev–Trinajstić information content (AvgIpc) is 2.74. The number of carbonyl (C=O) groups excluding carboxylic acids is 3. The molecule has 4 aliphatic rings. The number of likely N-dealkylation sites (N-methyl/N-ethyl adjacent to an activating group) is 1. The molecule has 1 amide bonds. The van der Waals surface area contributed by atoms with Crippen LogP contribution in [0.5, 0.6) is 5.75 Å². The number of aliphatic hydroxyl groups excluding tert-OH is 2. The highest BCUT2D eigenvalue weighted by Gasteiger charge is 2.64. The molecule has 4 atom stereocenters. The number of hydrogen-bond acceptors (Lipinski definition) is 8. The van der Waals surface area contributed by atoms with Crippen molar-refractivity contribution >= 4 is 29.3 Å². The Morgan fingerprint density at radius 2 is 1.86 bits per heavy atom. The molecular formula is C26H28N2O7. The number of Topliss-reactive ketones (excluding diaryl/α,β-unsaturated/α-hetero) is 2. The number of aromatic hydroxyl groups is 1. The lowest BCUT2D eigenvalue weighted by atomic mass is 9.57. The molecule has 0 heterocycles. The molecule has 6 N–H and O–H groups in total. The lowest BCUT2D eigenvalue weighted by Gasteiger charge is -2.50. The Balaban J connectivity index is 1.72. The van der Waals surface area contributed by atoms with Gasteiger partial charge in [0.1, 0.15) is 22.8 Å². The van der Waals surface area contributed by atoms with Crippen molar-refractivity contribution in [2.45, 2.75) is 43.7 Å². The van der Waals surface area contributed by atoms with Gasteiger partial charge in [-0.3, -0.25) is 19.3 Å². The predicted molar refractivity (Wildman–Crippen MR) is 126 cm³/mol. The normalized spacial score (nSPS) is 30.1. The minimum absolute atomic E-state index is 0.0808. The van der Waals surface area contributed by atoms with Crippen LogP contribution >= 0.6 is 0 Å². The molecule has 184 valence electrons. The average molecular weight is 481 g/mol. The first-order valence-corrected chi connectivity index (χ1v) is 11.7. The summed E-state index contributed by atoms with van der Waals surface area (Å²) in [4.78, 5) is 40.4. The van der Waals surface area contributed by atoms with Crippen LogP contribution in [0.4, 0.5) is 0 Å². The maximum Gasteiger partial charge on any atom is 0.255 e. The van der Waals surface area contributed by atoms with Gasteiger partial charge in [0.05, 0.1) is 11.6 Å². The number of benzene rings is 1. The van der Waals surface area contributed by atoms with Crippen LogP contribution in [0.1, 0.15) is 42.4 Å². The van der Waals surface area contributed by atoms with Gasteiger partial charge in [-0.05, 0) is 69.3 Å². The van der Waals surface area contributed by atoms with Gasteiger partial charge in [0.2, 0.25) is 5.78 Å². The number of fused-ring (bicyclic) bond motifs is 3. The Hall–Kier alpha value is -3.43. The van der Waals surface area contributed by atoms with Gasteiger partial charge in [0.25, 0.3) is 5.91 Å². The first kappa shape index (κ1) is 23.3. The summed E-state index contributed by atoms with van der Waals surface area (Å²) in [6, 6.07) is 2.14. The van der Waals surface area contributed by atoms with Crippen LogP contribution in [0.2, 0.25) is 0 Å². The number of rotatable bonds is 3. The van der Waals surface area contributed by atoms with E-state index in [4.69, 9.17) is 5.73 Å². The second-order valence-electron chi connectivity index (χ2n) is 10.1. The van der Waals surface area contributed by atoms with Crippen molar-refractivity contribution in [1.29, 1.82) is 0 Å². The second kappa shape index (κ2) is 7.79. The van der Waals surface area contributed by atoms with Crippen molar-refractivity contribution in [2.24, 2.45) is 17.6 Å². The molecule has 2 saturated carbocycles. The van der Waals surface area contributed by atoms with E-state index >= 15 is 0 Å².